The minimum atomic E-state index is -0.931. The Morgan fingerprint density at radius 1 is 1.08 bits per heavy atom. The molecule has 1 amide bonds. The molecule has 0 aliphatic carbocycles. The number of nitriles is 1. The van der Waals surface area contributed by atoms with E-state index in [1.165, 1.54) is 19.1 Å². The number of allylic oxidation sites excluding steroid dienone is 1. The number of nitrogens with two attached hydrogens (primary N) is 1. The van der Waals surface area contributed by atoms with Crippen LogP contribution in [0.4, 0.5) is 11.4 Å². The van der Waals surface area contributed by atoms with Crippen molar-refractivity contribution >= 4 is 29.2 Å². The monoisotopic (exact) mass is 486 g/mol. The lowest BCUT2D eigenvalue weighted by atomic mass is 9.81. The number of nitrogens with zero attached hydrogens (tertiary/aromatic N) is 3. The van der Waals surface area contributed by atoms with Gasteiger partial charge in [0.2, 0.25) is 5.91 Å². The summed E-state index contributed by atoms with van der Waals surface area (Å²) >= 11 is 0. The second kappa shape index (κ2) is 9.96. The van der Waals surface area contributed by atoms with Gasteiger partial charge in [-0.1, -0.05) is 30.3 Å². The van der Waals surface area contributed by atoms with Gasteiger partial charge in [0.1, 0.15) is 11.5 Å². The first-order valence-electron chi connectivity index (χ1n) is 11.5. The lowest BCUT2D eigenvalue weighted by Gasteiger charge is -2.37. The summed E-state index contributed by atoms with van der Waals surface area (Å²) in [7, 11) is 2.41. The lowest BCUT2D eigenvalue weighted by molar-refractivity contribution is -0.139. The van der Waals surface area contributed by atoms with Gasteiger partial charge in [0.15, 0.2) is 0 Å². The number of rotatable bonds is 5. The number of hydrogen-bond donors (Lipinski definition) is 1. The van der Waals surface area contributed by atoms with E-state index in [4.69, 9.17) is 15.2 Å². The molecular weight excluding hydrogens is 460 g/mol. The summed E-state index contributed by atoms with van der Waals surface area (Å²) < 4.78 is 10.1. The van der Waals surface area contributed by atoms with Crippen LogP contribution < -0.4 is 15.5 Å². The van der Waals surface area contributed by atoms with Gasteiger partial charge in [0, 0.05) is 24.3 Å². The fourth-order valence-electron chi connectivity index (χ4n) is 4.81. The number of amides is 1. The quantitative estimate of drug-likeness (QED) is 0.640. The van der Waals surface area contributed by atoms with Crippen LogP contribution in [0, 0.1) is 11.3 Å². The number of ether oxygens (including phenoxy) is 2. The normalized spacial score (nSPS) is 17.5. The fourth-order valence-corrected chi connectivity index (χ4v) is 4.81. The first-order valence-corrected chi connectivity index (χ1v) is 11.5. The van der Waals surface area contributed by atoms with Crippen molar-refractivity contribution in [2.24, 2.45) is 5.73 Å². The number of anilines is 2. The third-order valence-electron chi connectivity index (χ3n) is 6.45. The average molecular weight is 487 g/mol. The highest BCUT2D eigenvalue weighted by Crippen LogP contribution is 2.44. The third-order valence-corrected chi connectivity index (χ3v) is 6.45. The van der Waals surface area contributed by atoms with E-state index < -0.39 is 17.9 Å². The Balaban J connectivity index is 2.00. The van der Waals surface area contributed by atoms with Gasteiger partial charge in [-0.2, -0.15) is 5.26 Å². The molecule has 0 fully saturated rings. The predicted molar refractivity (Wildman–Crippen MR) is 132 cm³/mol. The predicted octanol–water partition coefficient (Wildman–Crippen LogP) is 2.88. The number of fused-ring (bicyclic) bond motifs is 1. The van der Waals surface area contributed by atoms with Crippen molar-refractivity contribution in [2.75, 3.05) is 30.6 Å². The van der Waals surface area contributed by atoms with Crippen LogP contribution in [0.25, 0.3) is 0 Å². The minimum absolute atomic E-state index is 0.00131. The molecule has 0 aromatic heterocycles. The van der Waals surface area contributed by atoms with Crippen molar-refractivity contribution in [3.63, 3.8) is 0 Å². The van der Waals surface area contributed by atoms with Gasteiger partial charge in [-0.25, -0.2) is 9.59 Å². The second-order valence-corrected chi connectivity index (χ2v) is 8.29. The Hall–Kier alpha value is -4.58. The molecule has 2 aliphatic heterocycles. The summed E-state index contributed by atoms with van der Waals surface area (Å²) in [5.74, 6) is -2.48. The fraction of sp³-hybridized carbons (Fsp3) is 0.259. The standard InChI is InChI=1S/C27H26N4O5/c1-4-30-20-12-11-18(14-17(20)10-13-21(30)32)31-24(27(34)36-3)23(26(33)35-2)22(19(15-28)25(31)29)16-8-6-5-7-9-16/h5-9,11-12,14,22H,4,10,13,29H2,1-3H3. The van der Waals surface area contributed by atoms with E-state index in [0.717, 1.165) is 11.3 Å². The number of carbonyl (C=O) groups is 3. The van der Waals surface area contributed by atoms with E-state index in [9.17, 15) is 19.6 Å². The van der Waals surface area contributed by atoms with Crippen LogP contribution in [0.15, 0.2) is 71.2 Å². The smallest absolute Gasteiger partial charge is 0.355 e. The van der Waals surface area contributed by atoms with Crippen molar-refractivity contribution in [2.45, 2.75) is 25.7 Å². The first kappa shape index (κ1) is 24.5. The Bertz CT molecular complexity index is 1340. The maximum Gasteiger partial charge on any atom is 0.355 e. The molecule has 1 unspecified atom stereocenters. The molecule has 1 atom stereocenters. The maximum absolute atomic E-state index is 13.2. The van der Waals surface area contributed by atoms with E-state index in [-0.39, 0.29) is 28.6 Å². The Kier molecular flexibility index (Phi) is 6.79. The highest BCUT2D eigenvalue weighted by molar-refractivity contribution is 6.06. The summed E-state index contributed by atoms with van der Waals surface area (Å²) in [6.07, 6.45) is 0.858. The van der Waals surface area contributed by atoms with E-state index >= 15 is 0 Å². The highest BCUT2D eigenvalue weighted by Gasteiger charge is 2.43. The zero-order chi connectivity index (χ0) is 26.0. The summed E-state index contributed by atoms with van der Waals surface area (Å²) in [5, 5.41) is 10.2. The number of aryl methyl sites for hydroxylation is 1. The summed E-state index contributed by atoms with van der Waals surface area (Å²) in [4.78, 5) is 41.7. The van der Waals surface area contributed by atoms with Gasteiger partial charge >= 0.3 is 11.9 Å². The molecule has 2 aromatic rings. The van der Waals surface area contributed by atoms with E-state index in [0.29, 0.717) is 30.6 Å². The molecule has 0 spiro atoms. The second-order valence-electron chi connectivity index (χ2n) is 8.29. The molecule has 9 nitrogen and oxygen atoms in total. The van der Waals surface area contributed by atoms with Gasteiger partial charge in [0.05, 0.1) is 37.4 Å². The van der Waals surface area contributed by atoms with Crippen LogP contribution in [0.2, 0.25) is 0 Å². The first-order chi connectivity index (χ1) is 17.4. The number of benzene rings is 2. The Labute approximate surface area is 209 Å². The van der Waals surface area contributed by atoms with Crippen LogP contribution in [-0.2, 0) is 30.3 Å². The van der Waals surface area contributed by atoms with Gasteiger partial charge in [-0.05, 0) is 42.7 Å². The van der Waals surface area contributed by atoms with Crippen molar-refractivity contribution in [3.8, 4) is 6.07 Å². The SMILES string of the molecule is CCN1C(=O)CCc2cc(N3C(N)=C(C#N)C(c4ccccc4)C(C(=O)OC)=C3C(=O)OC)ccc21. The average Bonchev–Trinajstić information content (AvgIpc) is 2.91. The molecule has 184 valence electrons. The van der Waals surface area contributed by atoms with Crippen LogP contribution in [-0.4, -0.2) is 38.6 Å². The minimum Gasteiger partial charge on any atom is -0.466 e. The summed E-state index contributed by atoms with van der Waals surface area (Å²) in [6.45, 7) is 2.42. The summed E-state index contributed by atoms with van der Waals surface area (Å²) in [6, 6.07) is 16.3. The number of carbonyl (C=O) groups excluding carboxylic acids is 3. The number of hydrogen-bond acceptors (Lipinski definition) is 8. The molecule has 0 saturated heterocycles. The molecule has 36 heavy (non-hydrogen) atoms. The maximum atomic E-state index is 13.2. The molecule has 9 heteroatoms. The van der Waals surface area contributed by atoms with Gasteiger partial charge in [0.25, 0.3) is 0 Å². The largest absolute Gasteiger partial charge is 0.466 e. The zero-order valence-electron chi connectivity index (χ0n) is 20.3. The Morgan fingerprint density at radius 2 is 1.78 bits per heavy atom. The summed E-state index contributed by atoms with van der Waals surface area (Å²) in [5.41, 5.74) is 9.18. The van der Waals surface area contributed by atoms with Crippen molar-refractivity contribution in [1.82, 2.24) is 0 Å². The van der Waals surface area contributed by atoms with Crippen LogP contribution >= 0.6 is 0 Å². The molecule has 0 saturated carbocycles. The molecule has 4 rings (SSSR count). The number of esters is 2. The van der Waals surface area contributed by atoms with Crippen molar-refractivity contribution in [3.05, 3.63) is 82.3 Å². The van der Waals surface area contributed by atoms with E-state index in [1.807, 2.05) is 13.0 Å². The van der Waals surface area contributed by atoms with Gasteiger partial charge in [-0.3, -0.25) is 9.69 Å². The molecule has 0 bridgehead atoms. The van der Waals surface area contributed by atoms with Crippen molar-refractivity contribution < 1.29 is 23.9 Å². The zero-order valence-corrected chi connectivity index (χ0v) is 20.3. The highest BCUT2D eigenvalue weighted by atomic mass is 16.5. The number of methoxy groups -OCH3 is 2. The topological polar surface area (TPSA) is 126 Å². The van der Waals surface area contributed by atoms with Gasteiger partial charge < -0.3 is 20.1 Å². The van der Waals surface area contributed by atoms with Crippen LogP contribution in [0.3, 0.4) is 0 Å². The van der Waals surface area contributed by atoms with E-state index in [1.54, 1.807) is 47.4 Å². The van der Waals surface area contributed by atoms with Crippen LogP contribution in [0.1, 0.15) is 30.4 Å². The molecule has 2 N–H and O–H groups in total. The molecule has 2 heterocycles. The Morgan fingerprint density at radius 3 is 2.39 bits per heavy atom. The van der Waals surface area contributed by atoms with Gasteiger partial charge in [-0.15, -0.1) is 0 Å². The lowest BCUT2D eigenvalue weighted by Crippen LogP contribution is -2.41. The molecule has 2 aliphatic rings. The van der Waals surface area contributed by atoms with Crippen LogP contribution in [0.5, 0.6) is 0 Å². The van der Waals surface area contributed by atoms with E-state index in [2.05, 4.69) is 6.07 Å². The van der Waals surface area contributed by atoms with Crippen molar-refractivity contribution in [1.29, 1.82) is 5.26 Å². The molecular formula is C27H26N4O5. The molecule has 0 radical (unpaired) electrons. The molecule has 2 aromatic carbocycles. The third kappa shape index (κ3) is 3.96.